The standard InChI is InChI=1S/C15H12N4O8S/c1-6(15(22)23)18-12-7-3-2-4-10(28(16,26)27)11(7)9(19(24)25)5-8(12)17-13(20)14(18)21/h2-6H,1H3,(H,17,20)(H,22,23)(H2,16,26,27). The Morgan fingerprint density at radius 2 is 2.00 bits per heavy atom. The molecule has 0 saturated carbocycles. The van der Waals surface area contributed by atoms with Crippen LogP contribution >= 0.6 is 0 Å². The minimum Gasteiger partial charge on any atom is -0.480 e. The van der Waals surface area contributed by atoms with E-state index in [1.807, 2.05) is 0 Å². The number of hydrogen-bond acceptors (Lipinski definition) is 7. The Labute approximate surface area is 155 Å². The lowest BCUT2D eigenvalue weighted by atomic mass is 10.1. The lowest BCUT2D eigenvalue weighted by molar-refractivity contribution is -0.383. The molecule has 4 N–H and O–H groups in total. The fourth-order valence-corrected chi connectivity index (χ4v) is 3.78. The number of H-pyrrole nitrogens is 1. The Bertz CT molecular complexity index is 1400. The van der Waals surface area contributed by atoms with Gasteiger partial charge in [-0.2, -0.15) is 0 Å². The molecule has 3 aromatic rings. The van der Waals surface area contributed by atoms with Gasteiger partial charge in [-0.25, -0.2) is 18.4 Å². The van der Waals surface area contributed by atoms with Crippen LogP contribution in [0.4, 0.5) is 5.69 Å². The molecule has 12 nitrogen and oxygen atoms in total. The van der Waals surface area contributed by atoms with Crippen LogP contribution < -0.4 is 16.3 Å². The van der Waals surface area contributed by atoms with Crippen LogP contribution in [0.15, 0.2) is 38.8 Å². The summed E-state index contributed by atoms with van der Waals surface area (Å²) in [6.07, 6.45) is 0. The van der Waals surface area contributed by atoms with Crippen LogP contribution in [-0.2, 0) is 14.8 Å². The van der Waals surface area contributed by atoms with E-state index in [1.165, 1.54) is 12.1 Å². The van der Waals surface area contributed by atoms with Gasteiger partial charge in [0.25, 0.3) is 5.69 Å². The van der Waals surface area contributed by atoms with Crippen molar-refractivity contribution in [3.63, 3.8) is 0 Å². The van der Waals surface area contributed by atoms with E-state index >= 15 is 0 Å². The average Bonchev–Trinajstić information content (AvgIpc) is 2.60. The molecule has 0 aliphatic heterocycles. The van der Waals surface area contributed by atoms with Crippen molar-refractivity contribution in [1.82, 2.24) is 9.55 Å². The van der Waals surface area contributed by atoms with Gasteiger partial charge in [-0.15, -0.1) is 0 Å². The van der Waals surface area contributed by atoms with Gasteiger partial charge in [-0.1, -0.05) is 12.1 Å². The number of carboxylic acid groups (broad SMARTS) is 1. The highest BCUT2D eigenvalue weighted by Gasteiger charge is 2.27. The number of carbonyl (C=O) groups is 1. The number of sulfonamides is 1. The Morgan fingerprint density at radius 1 is 1.36 bits per heavy atom. The summed E-state index contributed by atoms with van der Waals surface area (Å²) in [4.78, 5) is 48.0. The molecule has 28 heavy (non-hydrogen) atoms. The summed E-state index contributed by atoms with van der Waals surface area (Å²) in [5.74, 6) is -1.44. The first-order valence-corrected chi connectivity index (χ1v) is 9.14. The number of nitrogens with two attached hydrogens (primary N) is 1. The van der Waals surface area contributed by atoms with Gasteiger partial charge in [0.1, 0.15) is 6.04 Å². The second-order valence-corrected chi connectivity index (χ2v) is 7.45. The minimum atomic E-state index is -4.40. The maximum Gasteiger partial charge on any atom is 0.326 e. The summed E-state index contributed by atoms with van der Waals surface area (Å²) in [6.45, 7) is 1.14. The summed E-state index contributed by atoms with van der Waals surface area (Å²) in [5.41, 5.74) is -3.46. The number of hydrogen-bond donors (Lipinski definition) is 3. The van der Waals surface area contributed by atoms with Crippen LogP contribution in [0.5, 0.6) is 0 Å². The van der Waals surface area contributed by atoms with E-state index in [-0.39, 0.29) is 16.4 Å². The molecule has 13 heteroatoms. The van der Waals surface area contributed by atoms with Crippen molar-refractivity contribution in [3.8, 4) is 0 Å². The summed E-state index contributed by atoms with van der Waals surface area (Å²) in [7, 11) is -4.40. The first kappa shape index (κ1) is 19.2. The summed E-state index contributed by atoms with van der Waals surface area (Å²) in [6, 6.07) is 2.89. The number of nitro benzene ring substituents is 1. The average molecular weight is 408 g/mol. The zero-order chi connectivity index (χ0) is 21.0. The number of non-ortho nitro benzene ring substituents is 1. The molecular formula is C15H12N4O8S. The normalized spacial score (nSPS) is 12.9. The van der Waals surface area contributed by atoms with Crippen LogP contribution in [0.25, 0.3) is 21.8 Å². The van der Waals surface area contributed by atoms with Gasteiger partial charge in [0.05, 0.1) is 26.2 Å². The molecule has 2 aromatic carbocycles. The third-order valence-corrected chi connectivity index (χ3v) is 5.18. The lowest BCUT2D eigenvalue weighted by Gasteiger charge is -2.16. The van der Waals surface area contributed by atoms with Crippen LogP contribution in [-0.4, -0.2) is 34.0 Å². The summed E-state index contributed by atoms with van der Waals surface area (Å²) < 4.78 is 24.5. The summed E-state index contributed by atoms with van der Waals surface area (Å²) in [5, 5.41) is 25.5. The number of aliphatic carboxylic acids is 1. The maximum absolute atomic E-state index is 12.4. The number of nitrogens with one attached hydrogen (secondary N) is 1. The molecule has 0 fully saturated rings. The van der Waals surface area contributed by atoms with Gasteiger partial charge in [0.15, 0.2) is 0 Å². The fraction of sp³-hybridized carbons (Fsp3) is 0.133. The van der Waals surface area contributed by atoms with Crippen molar-refractivity contribution in [1.29, 1.82) is 0 Å². The molecule has 0 aliphatic carbocycles. The molecule has 0 spiro atoms. The smallest absolute Gasteiger partial charge is 0.326 e. The molecule has 1 aromatic heterocycles. The van der Waals surface area contributed by atoms with E-state index in [0.29, 0.717) is 4.57 Å². The van der Waals surface area contributed by atoms with Crippen LogP contribution in [0.3, 0.4) is 0 Å². The zero-order valence-electron chi connectivity index (χ0n) is 14.1. The molecule has 1 heterocycles. The van der Waals surface area contributed by atoms with Gasteiger partial charge in [0.2, 0.25) is 10.0 Å². The van der Waals surface area contributed by atoms with Gasteiger partial charge in [0, 0.05) is 11.5 Å². The lowest BCUT2D eigenvalue weighted by Crippen LogP contribution is -2.39. The second-order valence-electron chi connectivity index (χ2n) is 5.92. The first-order valence-electron chi connectivity index (χ1n) is 7.59. The predicted octanol–water partition coefficient (Wildman–Crippen LogP) is 0.0442. The van der Waals surface area contributed by atoms with E-state index in [4.69, 9.17) is 5.14 Å². The first-order chi connectivity index (χ1) is 12.9. The second kappa shape index (κ2) is 6.24. The number of aromatic amines is 1. The Balaban J connectivity index is 2.77. The molecule has 0 bridgehead atoms. The quantitative estimate of drug-likeness (QED) is 0.233. The maximum atomic E-state index is 12.4. The van der Waals surface area contributed by atoms with Gasteiger partial charge in [-0.05, 0) is 13.0 Å². The molecule has 1 unspecified atom stereocenters. The fourth-order valence-electron chi connectivity index (χ4n) is 3.02. The molecular weight excluding hydrogens is 396 g/mol. The zero-order valence-corrected chi connectivity index (χ0v) is 14.9. The van der Waals surface area contributed by atoms with Crippen LogP contribution in [0.1, 0.15) is 13.0 Å². The molecule has 1 atom stereocenters. The van der Waals surface area contributed by atoms with Gasteiger partial charge >= 0.3 is 17.1 Å². The third kappa shape index (κ3) is 2.82. The van der Waals surface area contributed by atoms with Crippen molar-refractivity contribution in [2.75, 3.05) is 0 Å². The number of benzene rings is 2. The van der Waals surface area contributed by atoms with E-state index in [9.17, 15) is 38.0 Å². The number of nitro groups is 1. The molecule has 146 valence electrons. The Morgan fingerprint density at radius 3 is 2.54 bits per heavy atom. The van der Waals surface area contributed by atoms with Crippen LogP contribution in [0.2, 0.25) is 0 Å². The number of primary sulfonamides is 1. The van der Waals surface area contributed by atoms with E-state index in [1.54, 1.807) is 0 Å². The molecule has 3 rings (SSSR count). The summed E-state index contributed by atoms with van der Waals surface area (Å²) >= 11 is 0. The van der Waals surface area contributed by atoms with Crippen molar-refractivity contribution >= 4 is 43.5 Å². The van der Waals surface area contributed by atoms with Crippen molar-refractivity contribution in [3.05, 3.63) is 55.1 Å². The van der Waals surface area contributed by atoms with Crippen molar-refractivity contribution in [2.45, 2.75) is 17.9 Å². The molecule has 0 amide bonds. The van der Waals surface area contributed by atoms with E-state index in [2.05, 4.69) is 4.98 Å². The number of carboxylic acids is 1. The topological polar surface area (TPSA) is 195 Å². The predicted molar refractivity (Wildman–Crippen MR) is 96.7 cm³/mol. The van der Waals surface area contributed by atoms with Crippen LogP contribution in [0, 0.1) is 10.1 Å². The number of nitrogens with zero attached hydrogens (tertiary/aromatic N) is 2. The Hall–Kier alpha value is -3.58. The monoisotopic (exact) mass is 408 g/mol. The molecule has 0 aliphatic rings. The van der Waals surface area contributed by atoms with Crippen molar-refractivity contribution in [2.24, 2.45) is 5.14 Å². The third-order valence-electron chi connectivity index (χ3n) is 4.22. The SMILES string of the molecule is CC(C(=O)O)n1c(=O)c(=O)[nH]c2cc([N+](=O)[O-])c3c(S(N)(=O)=O)cccc3c21. The number of rotatable bonds is 4. The molecule has 0 radical (unpaired) electrons. The minimum absolute atomic E-state index is 0.128. The van der Waals surface area contributed by atoms with E-state index < -0.39 is 54.0 Å². The number of fused-ring (bicyclic) bond motifs is 3. The Kier molecular flexibility index (Phi) is 4.28. The molecule has 0 saturated heterocycles. The largest absolute Gasteiger partial charge is 0.480 e. The highest BCUT2D eigenvalue weighted by atomic mass is 32.2. The number of aromatic nitrogens is 2. The van der Waals surface area contributed by atoms with Gasteiger partial charge in [-0.3, -0.25) is 24.3 Å². The highest BCUT2D eigenvalue weighted by molar-refractivity contribution is 7.89. The van der Waals surface area contributed by atoms with Crippen molar-refractivity contribution < 1.29 is 23.2 Å². The van der Waals surface area contributed by atoms with Gasteiger partial charge < -0.3 is 10.1 Å². The highest BCUT2D eigenvalue weighted by Crippen LogP contribution is 2.36. The van der Waals surface area contributed by atoms with E-state index in [0.717, 1.165) is 19.1 Å².